The lowest BCUT2D eigenvalue weighted by molar-refractivity contribution is 0.193. The molecular weight excluding hydrogens is 360 g/mol. The van der Waals surface area contributed by atoms with Crippen LogP contribution in [0.4, 0.5) is 16.2 Å². The second kappa shape index (κ2) is 7.28. The van der Waals surface area contributed by atoms with Crippen LogP contribution in [0.5, 0.6) is 0 Å². The first-order chi connectivity index (χ1) is 13.6. The minimum Gasteiger partial charge on any atom is -0.465 e. The van der Waals surface area contributed by atoms with Gasteiger partial charge >= 0.3 is 6.09 Å². The maximum absolute atomic E-state index is 12.2. The molecule has 2 heterocycles. The minimum absolute atomic E-state index is 0.0813. The van der Waals surface area contributed by atoms with E-state index in [1.165, 1.54) is 6.07 Å². The van der Waals surface area contributed by atoms with Crippen LogP contribution in [0.2, 0.25) is 0 Å². The predicted molar refractivity (Wildman–Crippen MR) is 104 cm³/mol. The Hall–Kier alpha value is -4.07. The summed E-state index contributed by atoms with van der Waals surface area (Å²) < 4.78 is 7.41. The van der Waals surface area contributed by atoms with Crippen LogP contribution in [0.3, 0.4) is 0 Å². The number of fused-ring (bicyclic) bond motifs is 1. The third-order valence-electron chi connectivity index (χ3n) is 4.09. The average Bonchev–Trinajstić information content (AvgIpc) is 3.15. The zero-order valence-corrected chi connectivity index (χ0v) is 14.6. The van der Waals surface area contributed by atoms with Gasteiger partial charge < -0.3 is 20.2 Å². The molecule has 0 aliphatic heterocycles. The van der Waals surface area contributed by atoms with Crippen LogP contribution in [-0.4, -0.2) is 21.0 Å². The SMILES string of the molecule is O=C(O)NCc1cc(=O)c2ccc(Nc3cnn(-c4ccccc4)c3)cc2o1. The number of para-hydroxylation sites is 1. The van der Waals surface area contributed by atoms with E-state index in [1.54, 1.807) is 29.1 Å². The molecule has 0 saturated heterocycles. The zero-order chi connectivity index (χ0) is 19.5. The van der Waals surface area contributed by atoms with Crippen molar-refractivity contribution in [2.45, 2.75) is 6.54 Å². The van der Waals surface area contributed by atoms with E-state index in [9.17, 15) is 9.59 Å². The molecule has 3 N–H and O–H groups in total. The summed E-state index contributed by atoms with van der Waals surface area (Å²) in [5.41, 5.74) is 2.57. The second-order valence-corrected chi connectivity index (χ2v) is 6.08. The molecule has 8 heteroatoms. The van der Waals surface area contributed by atoms with Gasteiger partial charge in [0.1, 0.15) is 11.3 Å². The highest BCUT2D eigenvalue weighted by atomic mass is 16.4. The molecule has 2 aromatic heterocycles. The smallest absolute Gasteiger partial charge is 0.405 e. The molecule has 4 aromatic rings. The number of nitrogens with zero attached hydrogens (tertiary/aromatic N) is 2. The molecule has 0 saturated carbocycles. The number of carboxylic acid groups (broad SMARTS) is 1. The van der Waals surface area contributed by atoms with Gasteiger partial charge in [-0.2, -0.15) is 5.10 Å². The molecule has 4 rings (SSSR count). The van der Waals surface area contributed by atoms with E-state index < -0.39 is 6.09 Å². The van der Waals surface area contributed by atoms with E-state index in [4.69, 9.17) is 9.52 Å². The first kappa shape index (κ1) is 17.3. The molecule has 0 fully saturated rings. The first-order valence-corrected chi connectivity index (χ1v) is 8.49. The van der Waals surface area contributed by atoms with Gasteiger partial charge in [-0.05, 0) is 24.3 Å². The van der Waals surface area contributed by atoms with Crippen molar-refractivity contribution in [3.8, 4) is 5.69 Å². The highest BCUT2D eigenvalue weighted by molar-refractivity contribution is 5.81. The number of hydrogen-bond donors (Lipinski definition) is 3. The Morgan fingerprint density at radius 3 is 2.71 bits per heavy atom. The number of anilines is 2. The average molecular weight is 376 g/mol. The monoisotopic (exact) mass is 376 g/mol. The summed E-state index contributed by atoms with van der Waals surface area (Å²) >= 11 is 0. The van der Waals surface area contributed by atoms with Crippen LogP contribution in [0.15, 0.2) is 76.2 Å². The fourth-order valence-corrected chi connectivity index (χ4v) is 2.81. The summed E-state index contributed by atoms with van der Waals surface area (Å²) in [7, 11) is 0. The number of amides is 1. The molecule has 140 valence electrons. The van der Waals surface area contributed by atoms with Crippen molar-refractivity contribution in [2.24, 2.45) is 0 Å². The molecule has 0 unspecified atom stereocenters. The van der Waals surface area contributed by atoms with E-state index in [0.29, 0.717) is 16.7 Å². The molecule has 1 amide bonds. The fourth-order valence-electron chi connectivity index (χ4n) is 2.81. The van der Waals surface area contributed by atoms with Crippen LogP contribution in [0, 0.1) is 0 Å². The lowest BCUT2D eigenvalue weighted by Crippen LogP contribution is -2.20. The zero-order valence-electron chi connectivity index (χ0n) is 14.6. The Bertz CT molecular complexity index is 1200. The molecule has 8 nitrogen and oxygen atoms in total. The fraction of sp³-hybridized carbons (Fsp3) is 0.0500. The third kappa shape index (κ3) is 3.70. The van der Waals surface area contributed by atoms with Crippen LogP contribution in [-0.2, 0) is 6.54 Å². The topological polar surface area (TPSA) is 109 Å². The van der Waals surface area contributed by atoms with Crippen molar-refractivity contribution in [1.82, 2.24) is 15.1 Å². The normalized spacial score (nSPS) is 10.7. The van der Waals surface area contributed by atoms with Gasteiger partial charge in [-0.15, -0.1) is 0 Å². The molecule has 0 aliphatic carbocycles. The maximum Gasteiger partial charge on any atom is 0.405 e. The van der Waals surface area contributed by atoms with Crippen LogP contribution in [0.25, 0.3) is 16.7 Å². The summed E-state index contributed by atoms with van der Waals surface area (Å²) in [4.78, 5) is 22.8. The minimum atomic E-state index is -1.19. The van der Waals surface area contributed by atoms with Gasteiger partial charge in [0, 0.05) is 17.8 Å². The molecule has 28 heavy (non-hydrogen) atoms. The van der Waals surface area contributed by atoms with Gasteiger partial charge in [-0.3, -0.25) is 4.79 Å². The lowest BCUT2D eigenvalue weighted by Gasteiger charge is -2.07. The van der Waals surface area contributed by atoms with Crippen molar-refractivity contribution in [1.29, 1.82) is 0 Å². The second-order valence-electron chi connectivity index (χ2n) is 6.08. The maximum atomic E-state index is 12.2. The number of aromatic nitrogens is 2. The summed E-state index contributed by atoms with van der Waals surface area (Å²) in [5.74, 6) is 0.244. The van der Waals surface area contributed by atoms with Crippen molar-refractivity contribution in [3.05, 3.63) is 83.0 Å². The number of rotatable bonds is 5. The summed E-state index contributed by atoms with van der Waals surface area (Å²) in [5, 5.41) is 18.9. The largest absolute Gasteiger partial charge is 0.465 e. The molecule has 0 radical (unpaired) electrons. The molecule has 0 spiro atoms. The van der Waals surface area contributed by atoms with Gasteiger partial charge in [0.05, 0.1) is 35.7 Å². The molecule has 0 bridgehead atoms. The van der Waals surface area contributed by atoms with E-state index in [1.807, 2.05) is 36.5 Å². The van der Waals surface area contributed by atoms with Crippen molar-refractivity contribution >= 4 is 28.4 Å². The van der Waals surface area contributed by atoms with E-state index >= 15 is 0 Å². The number of benzene rings is 2. The number of carbonyl (C=O) groups is 1. The third-order valence-corrected chi connectivity index (χ3v) is 4.09. The van der Waals surface area contributed by atoms with Gasteiger partial charge in [0.25, 0.3) is 0 Å². The van der Waals surface area contributed by atoms with Crippen LogP contribution in [0.1, 0.15) is 5.76 Å². The predicted octanol–water partition coefficient (Wildman–Crippen LogP) is 3.49. The van der Waals surface area contributed by atoms with E-state index in [-0.39, 0.29) is 17.7 Å². The molecular formula is C20H16N4O4. The Morgan fingerprint density at radius 1 is 1.11 bits per heavy atom. The first-order valence-electron chi connectivity index (χ1n) is 8.49. The molecule has 0 atom stereocenters. The Kier molecular flexibility index (Phi) is 4.51. The summed E-state index contributed by atoms with van der Waals surface area (Å²) in [6.07, 6.45) is 2.36. The van der Waals surface area contributed by atoms with Gasteiger partial charge in [0.15, 0.2) is 5.43 Å². The standard InChI is InChI=1S/C20H16N4O4/c25-18-9-16(11-21-20(26)27)28-19-8-13(6-7-17(18)19)23-14-10-22-24(12-14)15-4-2-1-3-5-15/h1-10,12,21,23H,11H2,(H,26,27). The Morgan fingerprint density at radius 2 is 1.93 bits per heavy atom. The highest BCUT2D eigenvalue weighted by Gasteiger charge is 2.08. The van der Waals surface area contributed by atoms with E-state index in [2.05, 4.69) is 15.7 Å². The highest BCUT2D eigenvalue weighted by Crippen LogP contribution is 2.22. The summed E-state index contributed by atoms with van der Waals surface area (Å²) in [6, 6.07) is 16.1. The van der Waals surface area contributed by atoms with Crippen LogP contribution >= 0.6 is 0 Å². The molecule has 0 aliphatic rings. The van der Waals surface area contributed by atoms with Gasteiger partial charge in [0.2, 0.25) is 0 Å². The quantitative estimate of drug-likeness (QED) is 0.492. The lowest BCUT2D eigenvalue weighted by atomic mass is 10.2. The Balaban J connectivity index is 1.60. The number of hydrogen-bond acceptors (Lipinski definition) is 5. The number of nitrogens with one attached hydrogen (secondary N) is 2. The van der Waals surface area contributed by atoms with Crippen molar-refractivity contribution < 1.29 is 14.3 Å². The van der Waals surface area contributed by atoms with Gasteiger partial charge in [-0.25, -0.2) is 9.48 Å². The van der Waals surface area contributed by atoms with E-state index in [0.717, 1.165) is 11.4 Å². The van der Waals surface area contributed by atoms with Crippen molar-refractivity contribution in [3.63, 3.8) is 0 Å². The summed E-state index contributed by atoms with van der Waals surface area (Å²) in [6.45, 7) is -0.0813. The molecule has 2 aromatic carbocycles. The van der Waals surface area contributed by atoms with Gasteiger partial charge in [-0.1, -0.05) is 18.2 Å². The Labute approximate surface area is 159 Å². The van der Waals surface area contributed by atoms with Crippen LogP contribution < -0.4 is 16.1 Å². The van der Waals surface area contributed by atoms with Crippen molar-refractivity contribution in [2.75, 3.05) is 5.32 Å².